The van der Waals surface area contributed by atoms with Crippen molar-refractivity contribution in [2.45, 2.75) is 19.4 Å². The lowest BCUT2D eigenvalue weighted by molar-refractivity contribution is -0.136. The van der Waals surface area contributed by atoms with Crippen LogP contribution in [-0.4, -0.2) is 38.3 Å². The molecule has 7 nitrogen and oxygen atoms in total. The minimum absolute atomic E-state index is 0.105. The third-order valence-corrected chi connectivity index (χ3v) is 4.55. The van der Waals surface area contributed by atoms with E-state index in [1.807, 2.05) is 36.4 Å². The monoisotopic (exact) mass is 362 g/mol. The first-order chi connectivity index (χ1) is 13.1. The van der Waals surface area contributed by atoms with Crippen LogP contribution < -0.4 is 5.32 Å². The van der Waals surface area contributed by atoms with Gasteiger partial charge in [-0.2, -0.15) is 5.10 Å². The molecule has 2 aromatic heterocycles. The Hall–Kier alpha value is -3.48. The summed E-state index contributed by atoms with van der Waals surface area (Å²) in [4.78, 5) is 27.0. The molecule has 1 aromatic carbocycles. The summed E-state index contributed by atoms with van der Waals surface area (Å²) in [6.45, 7) is 1.25. The number of aryl methyl sites for hydroxylation is 1. The summed E-state index contributed by atoms with van der Waals surface area (Å²) in [6, 6.07) is 13.3. The second-order valence-electron chi connectivity index (χ2n) is 6.41. The topological polar surface area (TPSA) is 97.1 Å². The Bertz CT molecular complexity index is 1010. The molecule has 0 spiro atoms. The summed E-state index contributed by atoms with van der Waals surface area (Å²) in [5.41, 5.74) is 4.92. The van der Waals surface area contributed by atoms with Gasteiger partial charge in [0, 0.05) is 30.3 Å². The molecule has 0 unspecified atom stereocenters. The van der Waals surface area contributed by atoms with Gasteiger partial charge >= 0.3 is 5.97 Å². The Labute approximate surface area is 155 Å². The lowest BCUT2D eigenvalue weighted by Crippen LogP contribution is -2.35. The van der Waals surface area contributed by atoms with Crippen molar-refractivity contribution in [3.8, 4) is 22.5 Å². The second-order valence-corrected chi connectivity index (χ2v) is 6.41. The number of benzene rings is 1. The summed E-state index contributed by atoms with van der Waals surface area (Å²) < 4.78 is 1.73. The largest absolute Gasteiger partial charge is 0.481 e. The van der Waals surface area contributed by atoms with Gasteiger partial charge in [-0.15, -0.1) is 0 Å². The van der Waals surface area contributed by atoms with E-state index < -0.39 is 5.97 Å². The van der Waals surface area contributed by atoms with Crippen LogP contribution >= 0.6 is 0 Å². The van der Waals surface area contributed by atoms with Crippen molar-refractivity contribution in [3.05, 3.63) is 59.9 Å². The van der Waals surface area contributed by atoms with Gasteiger partial charge in [0.15, 0.2) is 0 Å². The van der Waals surface area contributed by atoms with Gasteiger partial charge in [0.2, 0.25) is 0 Å². The molecule has 0 bridgehead atoms. The Balaban J connectivity index is 1.59. The van der Waals surface area contributed by atoms with Crippen molar-refractivity contribution >= 4 is 11.9 Å². The SMILES string of the molecule is O=C(O)CCc1ccc(-c2cc(-c3cc4n(n3)CCNC4=O)ccn2)cc1. The fraction of sp³-hybridized carbons (Fsp3) is 0.200. The van der Waals surface area contributed by atoms with Crippen LogP contribution in [0.25, 0.3) is 22.5 Å². The number of nitrogens with zero attached hydrogens (tertiary/aromatic N) is 3. The highest BCUT2D eigenvalue weighted by atomic mass is 16.4. The number of carbonyl (C=O) groups excluding carboxylic acids is 1. The van der Waals surface area contributed by atoms with Crippen LogP contribution in [0.3, 0.4) is 0 Å². The number of pyridine rings is 1. The molecule has 1 aliphatic heterocycles. The van der Waals surface area contributed by atoms with E-state index in [1.165, 1.54) is 0 Å². The molecule has 3 aromatic rings. The first-order valence-corrected chi connectivity index (χ1v) is 8.74. The maximum Gasteiger partial charge on any atom is 0.303 e. The van der Waals surface area contributed by atoms with Crippen LogP contribution in [-0.2, 0) is 17.8 Å². The van der Waals surface area contributed by atoms with E-state index in [0.717, 1.165) is 28.1 Å². The zero-order chi connectivity index (χ0) is 18.8. The number of carboxylic acids is 1. The first kappa shape index (κ1) is 17.0. The predicted molar refractivity (Wildman–Crippen MR) is 99.2 cm³/mol. The third kappa shape index (κ3) is 3.57. The molecule has 136 valence electrons. The molecule has 0 radical (unpaired) electrons. The zero-order valence-corrected chi connectivity index (χ0v) is 14.6. The first-order valence-electron chi connectivity index (χ1n) is 8.74. The second kappa shape index (κ2) is 7.03. The van der Waals surface area contributed by atoms with Crippen molar-refractivity contribution in [1.82, 2.24) is 20.1 Å². The quantitative estimate of drug-likeness (QED) is 0.726. The lowest BCUT2D eigenvalue weighted by Gasteiger charge is -2.13. The number of fused-ring (bicyclic) bond motifs is 1. The Morgan fingerprint density at radius 1 is 1.11 bits per heavy atom. The van der Waals surface area contributed by atoms with Gasteiger partial charge < -0.3 is 10.4 Å². The van der Waals surface area contributed by atoms with Crippen LogP contribution in [0.15, 0.2) is 48.7 Å². The molecule has 0 atom stereocenters. The van der Waals surface area contributed by atoms with Crippen molar-refractivity contribution in [2.24, 2.45) is 0 Å². The van der Waals surface area contributed by atoms with E-state index in [4.69, 9.17) is 5.11 Å². The summed E-state index contributed by atoms with van der Waals surface area (Å²) in [7, 11) is 0. The summed E-state index contributed by atoms with van der Waals surface area (Å²) in [6.07, 6.45) is 2.35. The van der Waals surface area contributed by atoms with Crippen molar-refractivity contribution in [2.75, 3.05) is 6.54 Å². The lowest BCUT2D eigenvalue weighted by atomic mass is 10.0. The smallest absolute Gasteiger partial charge is 0.303 e. The highest BCUT2D eigenvalue weighted by molar-refractivity contribution is 5.94. The minimum atomic E-state index is -0.801. The average molecular weight is 362 g/mol. The van der Waals surface area contributed by atoms with Gasteiger partial charge in [0.1, 0.15) is 5.69 Å². The standard InChI is InChI=1S/C20H18N4O3/c25-19(26)6-3-13-1-4-14(5-2-13)16-11-15(7-8-21-16)17-12-18-20(27)22-9-10-24(18)23-17/h1-2,4-5,7-8,11-12H,3,6,9-10H2,(H,22,27)(H,25,26). The van der Waals surface area contributed by atoms with Gasteiger partial charge in [-0.1, -0.05) is 24.3 Å². The molecule has 7 heteroatoms. The molecule has 27 heavy (non-hydrogen) atoms. The minimum Gasteiger partial charge on any atom is -0.481 e. The average Bonchev–Trinajstić information content (AvgIpc) is 3.13. The molecule has 1 aliphatic rings. The number of aromatic nitrogens is 3. The summed E-state index contributed by atoms with van der Waals surface area (Å²) >= 11 is 0. The zero-order valence-electron chi connectivity index (χ0n) is 14.6. The molecule has 0 saturated carbocycles. The van der Waals surface area contributed by atoms with Gasteiger partial charge in [-0.3, -0.25) is 19.3 Å². The van der Waals surface area contributed by atoms with E-state index in [0.29, 0.717) is 25.2 Å². The fourth-order valence-corrected chi connectivity index (χ4v) is 3.12. The summed E-state index contributed by atoms with van der Waals surface area (Å²) in [5, 5.41) is 16.1. The molecule has 3 heterocycles. The third-order valence-electron chi connectivity index (χ3n) is 4.55. The van der Waals surface area contributed by atoms with E-state index in [-0.39, 0.29) is 12.3 Å². The molecule has 2 N–H and O–H groups in total. The molecular weight excluding hydrogens is 344 g/mol. The molecule has 1 amide bonds. The van der Waals surface area contributed by atoms with Crippen molar-refractivity contribution in [3.63, 3.8) is 0 Å². The van der Waals surface area contributed by atoms with Gasteiger partial charge in [0.05, 0.1) is 17.9 Å². The maximum absolute atomic E-state index is 11.9. The molecule has 0 aliphatic carbocycles. The Morgan fingerprint density at radius 3 is 2.67 bits per heavy atom. The number of hydrogen-bond acceptors (Lipinski definition) is 4. The highest BCUT2D eigenvalue weighted by Crippen LogP contribution is 2.25. The maximum atomic E-state index is 11.9. The van der Waals surface area contributed by atoms with Crippen LogP contribution in [0.2, 0.25) is 0 Å². The van der Waals surface area contributed by atoms with Gasteiger partial charge in [0.25, 0.3) is 5.91 Å². The van der Waals surface area contributed by atoms with E-state index in [2.05, 4.69) is 15.4 Å². The Morgan fingerprint density at radius 2 is 1.93 bits per heavy atom. The number of carbonyl (C=O) groups is 2. The molecule has 0 saturated heterocycles. The number of nitrogens with one attached hydrogen (secondary N) is 1. The van der Waals surface area contributed by atoms with Crippen LogP contribution in [0, 0.1) is 0 Å². The highest BCUT2D eigenvalue weighted by Gasteiger charge is 2.19. The van der Waals surface area contributed by atoms with Crippen LogP contribution in [0.5, 0.6) is 0 Å². The van der Waals surface area contributed by atoms with Gasteiger partial charge in [-0.05, 0) is 30.2 Å². The predicted octanol–water partition coefficient (Wildman–Crippen LogP) is 2.37. The fourth-order valence-electron chi connectivity index (χ4n) is 3.12. The normalized spacial score (nSPS) is 13.1. The van der Waals surface area contributed by atoms with Crippen molar-refractivity contribution < 1.29 is 14.7 Å². The molecular formula is C20H18N4O3. The Kier molecular flexibility index (Phi) is 4.42. The van der Waals surface area contributed by atoms with Crippen molar-refractivity contribution in [1.29, 1.82) is 0 Å². The van der Waals surface area contributed by atoms with Crippen LogP contribution in [0.4, 0.5) is 0 Å². The number of hydrogen-bond donors (Lipinski definition) is 2. The molecule has 4 rings (SSSR count). The van der Waals surface area contributed by atoms with E-state index >= 15 is 0 Å². The number of rotatable bonds is 5. The number of aliphatic carboxylic acids is 1. The van der Waals surface area contributed by atoms with E-state index in [9.17, 15) is 9.59 Å². The van der Waals surface area contributed by atoms with E-state index in [1.54, 1.807) is 16.9 Å². The van der Waals surface area contributed by atoms with Crippen LogP contribution in [0.1, 0.15) is 22.5 Å². The molecule has 0 fully saturated rings. The van der Waals surface area contributed by atoms with Gasteiger partial charge in [-0.25, -0.2) is 0 Å². The summed E-state index contributed by atoms with van der Waals surface area (Å²) in [5.74, 6) is -0.906. The number of amides is 1. The number of carboxylic acid groups (broad SMARTS) is 1.